The van der Waals surface area contributed by atoms with Crippen molar-refractivity contribution in [1.29, 1.82) is 0 Å². The highest BCUT2D eigenvalue weighted by atomic mass is 19.4. The molecule has 0 bridgehead atoms. The molecule has 0 aliphatic heterocycles. The Morgan fingerprint density at radius 1 is 0.923 bits per heavy atom. The predicted molar refractivity (Wildman–Crippen MR) is 94.3 cm³/mol. The Labute approximate surface area is 149 Å². The summed E-state index contributed by atoms with van der Waals surface area (Å²) in [7, 11) is 0. The van der Waals surface area contributed by atoms with Gasteiger partial charge in [-0.3, -0.25) is 4.79 Å². The van der Waals surface area contributed by atoms with Crippen molar-refractivity contribution in [2.75, 3.05) is 0 Å². The van der Waals surface area contributed by atoms with Crippen LogP contribution in [0.5, 0.6) is 0 Å². The standard InChI is InChI=1S/C21H18F3NO/c22-21(23,24)18-11-5-3-10-16(18)20(26)17-13-25(14-7-1-2-8-14)19-12-6-4-9-15(17)19/h3-6,9-14H,1-2,7-8H2. The lowest BCUT2D eigenvalue weighted by molar-refractivity contribution is -0.137. The Morgan fingerprint density at radius 2 is 1.58 bits per heavy atom. The van der Waals surface area contributed by atoms with Crippen molar-refractivity contribution in [2.24, 2.45) is 0 Å². The molecule has 4 rings (SSSR count). The molecule has 3 aromatic rings. The molecule has 0 unspecified atom stereocenters. The number of carbonyl (C=O) groups is 1. The van der Waals surface area contributed by atoms with Crippen LogP contribution in [-0.4, -0.2) is 10.4 Å². The Hall–Kier alpha value is -2.56. The summed E-state index contributed by atoms with van der Waals surface area (Å²) in [5.41, 5.74) is 0.0634. The molecule has 2 aromatic carbocycles. The maximum atomic E-state index is 13.3. The van der Waals surface area contributed by atoms with Crippen LogP contribution in [0.3, 0.4) is 0 Å². The quantitative estimate of drug-likeness (QED) is 0.527. The second-order valence-electron chi connectivity index (χ2n) is 6.78. The van der Waals surface area contributed by atoms with Gasteiger partial charge in [0, 0.05) is 34.3 Å². The normalized spacial score (nSPS) is 15.7. The van der Waals surface area contributed by atoms with Gasteiger partial charge in [-0.1, -0.05) is 49.2 Å². The van der Waals surface area contributed by atoms with E-state index in [1.165, 1.54) is 18.2 Å². The number of benzene rings is 2. The monoisotopic (exact) mass is 357 g/mol. The number of hydrogen-bond acceptors (Lipinski definition) is 1. The second-order valence-corrected chi connectivity index (χ2v) is 6.78. The van der Waals surface area contributed by atoms with Crippen LogP contribution in [0.4, 0.5) is 13.2 Å². The number of carbonyl (C=O) groups excluding carboxylic acids is 1. The highest BCUT2D eigenvalue weighted by Gasteiger charge is 2.35. The fraction of sp³-hybridized carbons (Fsp3) is 0.286. The zero-order chi connectivity index (χ0) is 18.3. The van der Waals surface area contributed by atoms with Gasteiger partial charge in [0.15, 0.2) is 5.78 Å². The topological polar surface area (TPSA) is 22.0 Å². The van der Waals surface area contributed by atoms with Gasteiger partial charge in [0.05, 0.1) is 5.56 Å². The number of alkyl halides is 3. The molecule has 0 spiro atoms. The van der Waals surface area contributed by atoms with Crippen molar-refractivity contribution >= 4 is 16.7 Å². The summed E-state index contributed by atoms with van der Waals surface area (Å²) in [6.07, 6.45) is 1.53. The number of hydrogen-bond donors (Lipinski definition) is 0. The van der Waals surface area contributed by atoms with Crippen LogP contribution in [0, 0.1) is 0 Å². The Balaban J connectivity index is 1.87. The zero-order valence-electron chi connectivity index (χ0n) is 14.1. The second kappa shape index (κ2) is 6.31. The molecule has 1 aromatic heterocycles. The van der Waals surface area contributed by atoms with Crippen LogP contribution in [0.25, 0.3) is 10.9 Å². The summed E-state index contributed by atoms with van der Waals surface area (Å²) in [5, 5.41) is 0.710. The minimum atomic E-state index is -4.56. The summed E-state index contributed by atoms with van der Waals surface area (Å²) in [6, 6.07) is 12.7. The van der Waals surface area contributed by atoms with Gasteiger partial charge in [-0.15, -0.1) is 0 Å². The first-order chi connectivity index (χ1) is 12.5. The van der Waals surface area contributed by atoms with Crippen molar-refractivity contribution in [3.63, 3.8) is 0 Å². The molecule has 26 heavy (non-hydrogen) atoms. The van der Waals surface area contributed by atoms with Crippen molar-refractivity contribution in [3.8, 4) is 0 Å². The van der Waals surface area contributed by atoms with Gasteiger partial charge in [-0.2, -0.15) is 13.2 Å². The summed E-state index contributed by atoms with van der Waals surface area (Å²) in [5.74, 6) is -0.578. The van der Waals surface area contributed by atoms with Gasteiger partial charge in [-0.05, 0) is 25.0 Å². The average molecular weight is 357 g/mol. The van der Waals surface area contributed by atoms with Gasteiger partial charge < -0.3 is 4.57 Å². The highest BCUT2D eigenvalue weighted by molar-refractivity contribution is 6.17. The lowest BCUT2D eigenvalue weighted by atomic mass is 9.98. The third-order valence-electron chi connectivity index (χ3n) is 5.18. The molecular weight excluding hydrogens is 339 g/mol. The molecule has 5 heteroatoms. The molecule has 0 N–H and O–H groups in total. The van der Waals surface area contributed by atoms with Crippen LogP contribution < -0.4 is 0 Å². The largest absolute Gasteiger partial charge is 0.417 e. The highest BCUT2D eigenvalue weighted by Crippen LogP contribution is 2.37. The molecular formula is C21H18F3NO. The average Bonchev–Trinajstić information content (AvgIpc) is 3.28. The van der Waals surface area contributed by atoms with E-state index in [-0.39, 0.29) is 5.56 Å². The Morgan fingerprint density at radius 3 is 2.31 bits per heavy atom. The Bertz CT molecular complexity index is 965. The predicted octanol–water partition coefficient (Wildman–Crippen LogP) is 6.01. The van der Waals surface area contributed by atoms with E-state index in [9.17, 15) is 18.0 Å². The number of para-hydroxylation sites is 1. The number of fused-ring (bicyclic) bond motifs is 1. The molecule has 0 atom stereocenters. The van der Waals surface area contributed by atoms with Gasteiger partial charge in [-0.25, -0.2) is 0 Å². The summed E-state index contributed by atoms with van der Waals surface area (Å²) < 4.78 is 42.1. The van der Waals surface area contributed by atoms with Gasteiger partial charge in [0.2, 0.25) is 0 Å². The fourth-order valence-corrected chi connectivity index (χ4v) is 3.94. The van der Waals surface area contributed by atoms with Crippen LogP contribution in [0.15, 0.2) is 54.7 Å². The maximum Gasteiger partial charge on any atom is 0.417 e. The van der Waals surface area contributed by atoms with E-state index in [0.29, 0.717) is 17.0 Å². The fourth-order valence-electron chi connectivity index (χ4n) is 3.94. The number of halogens is 3. The van der Waals surface area contributed by atoms with Gasteiger partial charge >= 0.3 is 6.18 Å². The molecule has 0 radical (unpaired) electrons. The first-order valence-corrected chi connectivity index (χ1v) is 8.77. The van der Waals surface area contributed by atoms with Crippen LogP contribution in [0.1, 0.15) is 53.2 Å². The minimum absolute atomic E-state index is 0.297. The molecule has 134 valence electrons. The van der Waals surface area contributed by atoms with Crippen LogP contribution in [-0.2, 0) is 6.18 Å². The van der Waals surface area contributed by atoms with E-state index in [4.69, 9.17) is 0 Å². The van der Waals surface area contributed by atoms with E-state index in [1.54, 1.807) is 6.20 Å². The zero-order valence-corrected chi connectivity index (χ0v) is 14.1. The van der Waals surface area contributed by atoms with E-state index in [1.807, 2.05) is 24.3 Å². The molecule has 1 aliphatic rings. The number of ketones is 1. The van der Waals surface area contributed by atoms with Crippen molar-refractivity contribution < 1.29 is 18.0 Å². The molecule has 0 saturated heterocycles. The lowest BCUT2D eigenvalue weighted by Gasteiger charge is -2.13. The van der Waals surface area contributed by atoms with Crippen LogP contribution in [0.2, 0.25) is 0 Å². The van der Waals surface area contributed by atoms with Gasteiger partial charge in [0.25, 0.3) is 0 Å². The first-order valence-electron chi connectivity index (χ1n) is 8.77. The van der Waals surface area contributed by atoms with E-state index in [2.05, 4.69) is 4.57 Å². The summed E-state index contributed by atoms with van der Waals surface area (Å²) in [4.78, 5) is 13.0. The smallest absolute Gasteiger partial charge is 0.344 e. The van der Waals surface area contributed by atoms with E-state index >= 15 is 0 Å². The first kappa shape index (κ1) is 16.9. The molecule has 1 heterocycles. The Kier molecular flexibility index (Phi) is 4.10. The van der Waals surface area contributed by atoms with Crippen molar-refractivity contribution in [2.45, 2.75) is 37.9 Å². The number of nitrogens with zero attached hydrogens (tertiary/aromatic N) is 1. The number of rotatable bonds is 3. The maximum absolute atomic E-state index is 13.3. The molecule has 2 nitrogen and oxygen atoms in total. The number of aromatic nitrogens is 1. The van der Waals surface area contributed by atoms with Crippen LogP contribution >= 0.6 is 0 Å². The lowest BCUT2D eigenvalue weighted by Crippen LogP contribution is -2.13. The molecule has 1 fully saturated rings. The molecule has 1 aliphatic carbocycles. The SMILES string of the molecule is O=C(c1ccccc1C(F)(F)F)c1cn(C2CCCC2)c2ccccc12. The van der Waals surface area contributed by atoms with Crippen molar-refractivity contribution in [3.05, 3.63) is 71.4 Å². The molecule has 1 saturated carbocycles. The van der Waals surface area contributed by atoms with Gasteiger partial charge in [0.1, 0.15) is 0 Å². The molecule has 0 amide bonds. The summed E-state index contributed by atoms with van der Waals surface area (Å²) in [6.45, 7) is 0. The van der Waals surface area contributed by atoms with Crippen molar-refractivity contribution in [1.82, 2.24) is 4.57 Å². The third-order valence-corrected chi connectivity index (χ3v) is 5.18. The minimum Gasteiger partial charge on any atom is -0.344 e. The third kappa shape index (κ3) is 2.81. The van der Waals surface area contributed by atoms with E-state index in [0.717, 1.165) is 37.3 Å². The summed E-state index contributed by atoms with van der Waals surface area (Å²) >= 11 is 0. The van der Waals surface area contributed by atoms with E-state index < -0.39 is 17.5 Å².